The maximum absolute atomic E-state index is 12.7. The minimum Gasteiger partial charge on any atom is -0.426 e. The lowest BCUT2D eigenvalue weighted by Crippen LogP contribution is -2.38. The summed E-state index contributed by atoms with van der Waals surface area (Å²) in [7, 11) is 0. The van der Waals surface area contributed by atoms with Crippen LogP contribution in [0.25, 0.3) is 0 Å². The highest BCUT2D eigenvalue weighted by molar-refractivity contribution is 8.15. The zero-order valence-corrected chi connectivity index (χ0v) is 17.2. The first-order chi connectivity index (χ1) is 12.9. The summed E-state index contributed by atoms with van der Waals surface area (Å²) in [4.78, 5) is 38.7. The Hall–Kier alpha value is -1.82. The number of carbonyl (C=O) groups is 3. The van der Waals surface area contributed by atoms with Gasteiger partial charge < -0.3 is 4.74 Å². The molecule has 0 spiro atoms. The molecule has 2 amide bonds. The molecule has 0 saturated carbocycles. The van der Waals surface area contributed by atoms with E-state index in [-0.39, 0.29) is 29.1 Å². The maximum Gasteiger partial charge on any atom is 0.314 e. The number of unbranched alkanes of at least 4 members (excludes halogenated alkanes) is 3. The molecule has 2 unspecified atom stereocenters. The van der Waals surface area contributed by atoms with Crippen LogP contribution in [0.15, 0.2) is 30.3 Å². The number of imide groups is 1. The molecular weight excluding hydrogens is 362 g/mol. The molecule has 0 bridgehead atoms. The van der Waals surface area contributed by atoms with Gasteiger partial charge in [-0.2, -0.15) is 0 Å². The number of hydrogen-bond donors (Lipinski definition) is 0. The minimum atomic E-state index is -0.501. The van der Waals surface area contributed by atoms with Crippen molar-refractivity contribution in [3.8, 4) is 5.75 Å². The van der Waals surface area contributed by atoms with Crippen molar-refractivity contribution in [3.63, 3.8) is 0 Å². The highest BCUT2D eigenvalue weighted by Gasteiger charge is 2.42. The van der Waals surface area contributed by atoms with Gasteiger partial charge in [0.2, 0.25) is 5.91 Å². The molecule has 2 atom stereocenters. The average Bonchev–Trinajstić information content (AvgIpc) is 2.91. The summed E-state index contributed by atoms with van der Waals surface area (Å²) in [5.41, 5.74) is 0. The van der Waals surface area contributed by atoms with Crippen LogP contribution in [0.3, 0.4) is 0 Å². The zero-order valence-electron chi connectivity index (χ0n) is 16.3. The van der Waals surface area contributed by atoms with Gasteiger partial charge >= 0.3 is 5.97 Å². The van der Waals surface area contributed by atoms with Crippen molar-refractivity contribution < 1.29 is 19.1 Å². The molecule has 2 rings (SSSR count). The van der Waals surface area contributed by atoms with Gasteiger partial charge in [-0.1, -0.05) is 62.6 Å². The van der Waals surface area contributed by atoms with Crippen molar-refractivity contribution in [3.05, 3.63) is 30.3 Å². The second kappa shape index (κ2) is 10.5. The Balaban J connectivity index is 2.04. The Bertz CT molecular complexity index is 647. The second-order valence-corrected chi connectivity index (χ2v) is 8.34. The Morgan fingerprint density at radius 3 is 2.44 bits per heavy atom. The summed E-state index contributed by atoms with van der Waals surface area (Å²) in [5, 5.41) is -0.722. The average molecular weight is 392 g/mol. The van der Waals surface area contributed by atoms with Crippen LogP contribution in [0.4, 0.5) is 4.79 Å². The number of benzene rings is 1. The van der Waals surface area contributed by atoms with Gasteiger partial charge in [0, 0.05) is 6.04 Å². The van der Waals surface area contributed by atoms with Crippen LogP contribution in [0, 0.1) is 5.92 Å². The lowest BCUT2D eigenvalue weighted by molar-refractivity contribution is -0.139. The monoisotopic (exact) mass is 391 g/mol. The van der Waals surface area contributed by atoms with Crippen LogP contribution in [-0.2, 0) is 9.59 Å². The maximum atomic E-state index is 12.7. The molecule has 148 valence electrons. The fourth-order valence-electron chi connectivity index (χ4n) is 3.18. The Morgan fingerprint density at radius 2 is 1.85 bits per heavy atom. The molecule has 1 aromatic carbocycles. The van der Waals surface area contributed by atoms with Gasteiger partial charge in [-0.05, 0) is 38.8 Å². The van der Waals surface area contributed by atoms with Crippen LogP contribution in [-0.4, -0.2) is 33.3 Å². The predicted molar refractivity (Wildman–Crippen MR) is 108 cm³/mol. The third-order valence-electron chi connectivity index (χ3n) is 4.67. The van der Waals surface area contributed by atoms with E-state index in [1.807, 2.05) is 32.0 Å². The van der Waals surface area contributed by atoms with Gasteiger partial charge in [0.05, 0.1) is 11.2 Å². The molecule has 0 radical (unpaired) electrons. The standard InChI is InChI=1S/C21H29NO4S/c1-4-5-6-8-11-16(20(24)26-17-12-9-7-10-13-17)14-18-19(23)22(15(2)3)21(25)27-18/h7,9-10,12-13,15-16,18H,4-6,8,11,14H2,1-3H3. The summed E-state index contributed by atoms with van der Waals surface area (Å²) >= 11 is 1.04. The van der Waals surface area contributed by atoms with Crippen LogP contribution >= 0.6 is 11.8 Å². The van der Waals surface area contributed by atoms with E-state index in [1.54, 1.807) is 12.1 Å². The molecule has 5 nitrogen and oxygen atoms in total. The number of nitrogens with zero attached hydrogens (tertiary/aromatic N) is 1. The first kappa shape index (κ1) is 21.5. The number of esters is 1. The Morgan fingerprint density at radius 1 is 1.15 bits per heavy atom. The topological polar surface area (TPSA) is 63.7 Å². The fourth-order valence-corrected chi connectivity index (χ4v) is 4.38. The first-order valence-corrected chi connectivity index (χ1v) is 10.6. The van der Waals surface area contributed by atoms with Crippen molar-refractivity contribution in [2.45, 2.75) is 70.6 Å². The van der Waals surface area contributed by atoms with E-state index in [0.717, 1.165) is 37.4 Å². The number of para-hydroxylation sites is 1. The van der Waals surface area contributed by atoms with Gasteiger partial charge in [-0.3, -0.25) is 19.3 Å². The van der Waals surface area contributed by atoms with E-state index in [1.165, 1.54) is 4.90 Å². The Labute approximate surface area is 165 Å². The van der Waals surface area contributed by atoms with Crippen molar-refractivity contribution in [1.29, 1.82) is 0 Å². The molecule has 0 aliphatic carbocycles. The molecule has 1 fully saturated rings. The van der Waals surface area contributed by atoms with E-state index in [9.17, 15) is 14.4 Å². The van der Waals surface area contributed by atoms with Crippen molar-refractivity contribution >= 4 is 28.9 Å². The van der Waals surface area contributed by atoms with E-state index in [0.29, 0.717) is 18.6 Å². The van der Waals surface area contributed by atoms with E-state index >= 15 is 0 Å². The highest BCUT2D eigenvalue weighted by atomic mass is 32.2. The normalized spacial score (nSPS) is 18.2. The quantitative estimate of drug-likeness (QED) is 0.318. The molecule has 1 aromatic rings. The SMILES string of the molecule is CCCCCCC(CC1SC(=O)N(C(C)C)C1=O)C(=O)Oc1ccccc1. The van der Waals surface area contributed by atoms with Crippen molar-refractivity contribution in [2.24, 2.45) is 5.92 Å². The summed E-state index contributed by atoms with van der Waals surface area (Å²) in [6.45, 7) is 5.79. The van der Waals surface area contributed by atoms with E-state index in [4.69, 9.17) is 4.74 Å². The molecule has 1 aliphatic heterocycles. The van der Waals surface area contributed by atoms with Crippen LogP contribution < -0.4 is 4.74 Å². The van der Waals surface area contributed by atoms with Crippen LogP contribution in [0.5, 0.6) is 5.75 Å². The largest absolute Gasteiger partial charge is 0.426 e. The van der Waals surface area contributed by atoms with E-state index < -0.39 is 5.25 Å². The fraction of sp³-hybridized carbons (Fsp3) is 0.571. The predicted octanol–water partition coefficient (Wildman–Crippen LogP) is 5.04. The van der Waals surface area contributed by atoms with Gasteiger partial charge in [0.1, 0.15) is 5.75 Å². The number of carbonyl (C=O) groups excluding carboxylic acids is 3. The molecule has 27 heavy (non-hydrogen) atoms. The van der Waals surface area contributed by atoms with Crippen molar-refractivity contribution in [1.82, 2.24) is 4.90 Å². The van der Waals surface area contributed by atoms with Crippen LogP contribution in [0.2, 0.25) is 0 Å². The molecular formula is C21H29NO4S. The third kappa shape index (κ3) is 6.09. The number of thioether (sulfide) groups is 1. The van der Waals surface area contributed by atoms with Gasteiger partial charge in [-0.15, -0.1) is 0 Å². The molecule has 0 N–H and O–H groups in total. The Kier molecular flexibility index (Phi) is 8.35. The summed E-state index contributed by atoms with van der Waals surface area (Å²) in [5.74, 6) is -0.387. The van der Waals surface area contributed by atoms with Crippen molar-refractivity contribution in [2.75, 3.05) is 0 Å². The van der Waals surface area contributed by atoms with Gasteiger partial charge in [0.25, 0.3) is 5.24 Å². The highest BCUT2D eigenvalue weighted by Crippen LogP contribution is 2.34. The van der Waals surface area contributed by atoms with Gasteiger partial charge in [-0.25, -0.2) is 0 Å². The smallest absolute Gasteiger partial charge is 0.314 e. The number of amides is 2. The lowest BCUT2D eigenvalue weighted by atomic mass is 9.95. The van der Waals surface area contributed by atoms with E-state index in [2.05, 4.69) is 6.92 Å². The molecule has 1 heterocycles. The number of rotatable bonds is 10. The van der Waals surface area contributed by atoms with Gasteiger partial charge in [0.15, 0.2) is 0 Å². The third-order valence-corrected chi connectivity index (χ3v) is 5.75. The minimum absolute atomic E-state index is 0.165. The summed E-state index contributed by atoms with van der Waals surface area (Å²) in [6.07, 6.45) is 5.22. The summed E-state index contributed by atoms with van der Waals surface area (Å²) in [6, 6.07) is 8.81. The molecule has 1 saturated heterocycles. The van der Waals surface area contributed by atoms with Crippen LogP contribution in [0.1, 0.15) is 59.3 Å². The number of hydrogen-bond acceptors (Lipinski definition) is 5. The number of ether oxygens (including phenoxy) is 1. The molecule has 0 aromatic heterocycles. The lowest BCUT2D eigenvalue weighted by Gasteiger charge is -2.20. The zero-order chi connectivity index (χ0) is 19.8. The first-order valence-electron chi connectivity index (χ1n) is 9.74. The molecule has 1 aliphatic rings. The second-order valence-electron chi connectivity index (χ2n) is 7.19. The molecule has 6 heteroatoms. The summed E-state index contributed by atoms with van der Waals surface area (Å²) < 4.78 is 5.52.